The Hall–Kier alpha value is -1.96. The molecular weight excluding hydrogens is 258 g/mol. The van der Waals surface area contributed by atoms with Crippen molar-refractivity contribution in [2.75, 3.05) is 11.9 Å². The maximum Gasteiger partial charge on any atom is 0.119 e. The van der Waals surface area contributed by atoms with Crippen LogP contribution in [0.25, 0.3) is 0 Å². The first-order valence-corrected chi connectivity index (χ1v) is 7.80. The zero-order valence-electron chi connectivity index (χ0n) is 12.8. The Kier molecular flexibility index (Phi) is 4.14. The van der Waals surface area contributed by atoms with Gasteiger partial charge in [-0.2, -0.15) is 0 Å². The zero-order chi connectivity index (χ0) is 14.7. The van der Waals surface area contributed by atoms with Crippen molar-refractivity contribution in [2.24, 2.45) is 0 Å². The van der Waals surface area contributed by atoms with Crippen molar-refractivity contribution in [1.29, 1.82) is 0 Å². The summed E-state index contributed by atoms with van der Waals surface area (Å²) < 4.78 is 5.46. The molecule has 3 rings (SSSR count). The van der Waals surface area contributed by atoms with Gasteiger partial charge < -0.3 is 10.1 Å². The Morgan fingerprint density at radius 3 is 2.52 bits per heavy atom. The molecule has 1 saturated carbocycles. The number of ether oxygens (including phenoxy) is 1. The van der Waals surface area contributed by atoms with Gasteiger partial charge in [-0.1, -0.05) is 29.8 Å². The highest BCUT2D eigenvalue weighted by atomic mass is 16.5. The molecule has 21 heavy (non-hydrogen) atoms. The van der Waals surface area contributed by atoms with Crippen LogP contribution in [0.2, 0.25) is 0 Å². The second-order valence-corrected chi connectivity index (χ2v) is 5.88. The fourth-order valence-corrected chi connectivity index (χ4v) is 2.98. The van der Waals surface area contributed by atoms with Gasteiger partial charge in [-0.15, -0.1) is 0 Å². The highest BCUT2D eigenvalue weighted by molar-refractivity contribution is 5.48. The third-order valence-corrected chi connectivity index (χ3v) is 4.19. The maximum atomic E-state index is 5.46. The minimum atomic E-state index is 0.591. The van der Waals surface area contributed by atoms with Crippen LogP contribution in [0.1, 0.15) is 36.8 Å². The predicted octanol–water partition coefficient (Wildman–Crippen LogP) is 4.75. The molecule has 2 aromatic carbocycles. The van der Waals surface area contributed by atoms with Crippen LogP contribution in [0, 0.1) is 6.92 Å². The fraction of sp³-hybridized carbons (Fsp3) is 0.368. The summed E-state index contributed by atoms with van der Waals surface area (Å²) >= 11 is 0. The lowest BCUT2D eigenvalue weighted by atomic mass is 9.75. The second kappa shape index (κ2) is 6.21. The summed E-state index contributed by atoms with van der Waals surface area (Å²) in [6, 6.07) is 17.8. The highest BCUT2D eigenvalue weighted by Crippen LogP contribution is 2.38. The average molecular weight is 281 g/mol. The van der Waals surface area contributed by atoms with Crippen molar-refractivity contribution in [3.63, 3.8) is 0 Å². The lowest BCUT2D eigenvalue weighted by molar-refractivity contribution is 0.340. The largest absolute Gasteiger partial charge is 0.494 e. The third-order valence-electron chi connectivity index (χ3n) is 4.19. The maximum absolute atomic E-state index is 5.46. The molecule has 0 bridgehead atoms. The summed E-state index contributed by atoms with van der Waals surface area (Å²) in [5.41, 5.74) is 4.03. The van der Waals surface area contributed by atoms with Crippen molar-refractivity contribution >= 4 is 5.69 Å². The SMILES string of the molecule is CCOc1ccc(NC2CC(c3cccc(C)c3)C2)cc1. The molecule has 1 aliphatic rings. The standard InChI is InChI=1S/C19H23NO/c1-3-21-19-9-7-17(8-10-19)20-18-12-16(13-18)15-6-4-5-14(2)11-15/h4-11,16,18,20H,3,12-13H2,1-2H3. The molecule has 0 saturated heterocycles. The first kappa shape index (κ1) is 14.0. The Balaban J connectivity index is 1.52. The van der Waals surface area contributed by atoms with E-state index >= 15 is 0 Å². The molecule has 2 aromatic rings. The molecule has 110 valence electrons. The van der Waals surface area contributed by atoms with Gasteiger partial charge in [0, 0.05) is 11.7 Å². The van der Waals surface area contributed by atoms with Crippen LogP contribution in [0.3, 0.4) is 0 Å². The average Bonchev–Trinajstić information content (AvgIpc) is 2.44. The third kappa shape index (κ3) is 3.38. The summed E-state index contributed by atoms with van der Waals surface area (Å²) in [6.45, 7) is 4.89. The van der Waals surface area contributed by atoms with Gasteiger partial charge in [0.05, 0.1) is 6.61 Å². The van der Waals surface area contributed by atoms with Gasteiger partial charge in [-0.05, 0) is 62.4 Å². The van der Waals surface area contributed by atoms with E-state index < -0.39 is 0 Å². The summed E-state index contributed by atoms with van der Waals surface area (Å²) in [5, 5.41) is 3.61. The molecule has 1 aliphatic carbocycles. The first-order valence-electron chi connectivity index (χ1n) is 7.80. The Bertz CT molecular complexity index is 585. The summed E-state index contributed by atoms with van der Waals surface area (Å²) in [4.78, 5) is 0. The molecule has 0 aliphatic heterocycles. The summed E-state index contributed by atoms with van der Waals surface area (Å²) in [7, 11) is 0. The summed E-state index contributed by atoms with van der Waals surface area (Å²) in [5.74, 6) is 1.65. The summed E-state index contributed by atoms with van der Waals surface area (Å²) in [6.07, 6.45) is 2.44. The van der Waals surface area contributed by atoms with Crippen molar-refractivity contribution in [1.82, 2.24) is 0 Å². The number of hydrogen-bond donors (Lipinski definition) is 1. The quantitative estimate of drug-likeness (QED) is 0.853. The molecule has 0 amide bonds. The van der Waals surface area contributed by atoms with Gasteiger partial charge >= 0.3 is 0 Å². The molecule has 1 fully saturated rings. The monoisotopic (exact) mass is 281 g/mol. The van der Waals surface area contributed by atoms with Gasteiger partial charge in [0.2, 0.25) is 0 Å². The molecule has 2 nitrogen and oxygen atoms in total. The zero-order valence-corrected chi connectivity index (χ0v) is 12.8. The van der Waals surface area contributed by atoms with Gasteiger partial charge in [-0.3, -0.25) is 0 Å². The Labute approximate surface area is 127 Å². The fourth-order valence-electron chi connectivity index (χ4n) is 2.98. The smallest absolute Gasteiger partial charge is 0.119 e. The number of aryl methyl sites for hydroxylation is 1. The van der Waals surface area contributed by atoms with E-state index in [9.17, 15) is 0 Å². The lowest BCUT2D eigenvalue weighted by Gasteiger charge is -2.37. The lowest BCUT2D eigenvalue weighted by Crippen LogP contribution is -2.33. The topological polar surface area (TPSA) is 21.3 Å². The van der Waals surface area contributed by atoms with E-state index in [2.05, 4.69) is 48.6 Å². The highest BCUT2D eigenvalue weighted by Gasteiger charge is 2.30. The van der Waals surface area contributed by atoms with Crippen LogP contribution in [-0.4, -0.2) is 12.6 Å². The van der Waals surface area contributed by atoms with E-state index in [4.69, 9.17) is 4.74 Å². The number of rotatable bonds is 5. The predicted molar refractivity (Wildman–Crippen MR) is 88.2 cm³/mol. The van der Waals surface area contributed by atoms with Gasteiger partial charge in [0.15, 0.2) is 0 Å². The molecule has 2 heteroatoms. The number of nitrogens with one attached hydrogen (secondary N) is 1. The van der Waals surface area contributed by atoms with Crippen LogP contribution < -0.4 is 10.1 Å². The van der Waals surface area contributed by atoms with E-state index in [1.807, 2.05) is 19.1 Å². The van der Waals surface area contributed by atoms with Crippen LogP contribution in [-0.2, 0) is 0 Å². The minimum Gasteiger partial charge on any atom is -0.494 e. The number of hydrogen-bond acceptors (Lipinski definition) is 2. The molecule has 0 heterocycles. The number of benzene rings is 2. The van der Waals surface area contributed by atoms with Gasteiger partial charge in [0.1, 0.15) is 5.75 Å². The van der Waals surface area contributed by atoms with Crippen LogP contribution >= 0.6 is 0 Å². The molecule has 0 atom stereocenters. The van der Waals surface area contributed by atoms with E-state index in [0.717, 1.165) is 5.75 Å². The normalized spacial score (nSPS) is 20.7. The van der Waals surface area contributed by atoms with Crippen LogP contribution in [0.4, 0.5) is 5.69 Å². The Morgan fingerprint density at radius 2 is 1.86 bits per heavy atom. The van der Waals surface area contributed by atoms with Gasteiger partial charge in [0.25, 0.3) is 0 Å². The van der Waals surface area contributed by atoms with Crippen molar-refractivity contribution < 1.29 is 4.74 Å². The van der Waals surface area contributed by atoms with Crippen LogP contribution in [0.15, 0.2) is 48.5 Å². The minimum absolute atomic E-state index is 0.591. The van der Waals surface area contributed by atoms with E-state index in [0.29, 0.717) is 18.6 Å². The first-order chi connectivity index (χ1) is 10.2. The van der Waals surface area contributed by atoms with Crippen molar-refractivity contribution in [2.45, 2.75) is 38.6 Å². The number of anilines is 1. The molecule has 1 N–H and O–H groups in total. The van der Waals surface area contributed by atoms with Crippen molar-refractivity contribution in [3.05, 3.63) is 59.7 Å². The molecule has 0 aromatic heterocycles. The van der Waals surface area contributed by atoms with E-state index in [1.165, 1.54) is 29.7 Å². The van der Waals surface area contributed by atoms with Gasteiger partial charge in [-0.25, -0.2) is 0 Å². The molecule has 0 radical (unpaired) electrons. The molecular formula is C19H23NO. The second-order valence-electron chi connectivity index (χ2n) is 5.88. The molecule has 0 unspecified atom stereocenters. The Morgan fingerprint density at radius 1 is 1.10 bits per heavy atom. The van der Waals surface area contributed by atoms with E-state index in [-0.39, 0.29) is 0 Å². The molecule has 0 spiro atoms. The van der Waals surface area contributed by atoms with E-state index in [1.54, 1.807) is 0 Å². The van der Waals surface area contributed by atoms with Crippen molar-refractivity contribution in [3.8, 4) is 5.75 Å². The van der Waals surface area contributed by atoms with Crippen LogP contribution in [0.5, 0.6) is 5.75 Å².